The minimum Gasteiger partial charge on any atom is -0.376 e. The van der Waals surface area contributed by atoms with Crippen molar-refractivity contribution in [1.29, 1.82) is 0 Å². The van der Waals surface area contributed by atoms with Gasteiger partial charge in [0.15, 0.2) is 0 Å². The van der Waals surface area contributed by atoms with Crippen LogP contribution in [-0.4, -0.2) is 38.6 Å². The summed E-state index contributed by atoms with van der Waals surface area (Å²) in [5.74, 6) is 0. The Balaban J connectivity index is 0.000000168. The molecule has 2 fully saturated rings. The Hall–Kier alpha value is -0.120. The molecule has 2 unspecified atom stereocenters. The van der Waals surface area contributed by atoms with E-state index in [1.807, 2.05) is 0 Å². The number of rotatable bonds is 8. The summed E-state index contributed by atoms with van der Waals surface area (Å²) in [5.41, 5.74) is 0. The normalized spacial score (nSPS) is 25.9. The van der Waals surface area contributed by atoms with E-state index in [1.54, 1.807) is 0 Å². The maximum absolute atomic E-state index is 5.23. The molecule has 2 aliphatic heterocycles. The van der Waals surface area contributed by atoms with Crippen molar-refractivity contribution in [3.8, 4) is 0 Å². The van der Waals surface area contributed by atoms with Crippen LogP contribution in [0.4, 0.5) is 0 Å². The van der Waals surface area contributed by atoms with Crippen LogP contribution in [0.2, 0.25) is 0 Å². The highest BCUT2D eigenvalue weighted by molar-refractivity contribution is 4.71. The minimum absolute atomic E-state index is 0.392. The Morgan fingerprint density at radius 3 is 1.62 bits per heavy atom. The third-order valence-electron chi connectivity index (χ3n) is 2.62. The van der Waals surface area contributed by atoms with E-state index in [1.165, 1.54) is 32.1 Å². The number of epoxide rings is 2. The van der Waals surface area contributed by atoms with Crippen LogP contribution in [0.1, 0.15) is 46.0 Å². The first kappa shape index (κ1) is 13.9. The molecule has 0 amide bonds. The average Bonchev–Trinajstić information content (AvgIpc) is 3.14. The fraction of sp³-hybridized carbons (Fsp3) is 1.00. The van der Waals surface area contributed by atoms with E-state index in [4.69, 9.17) is 14.2 Å². The van der Waals surface area contributed by atoms with Gasteiger partial charge >= 0.3 is 0 Å². The lowest BCUT2D eigenvalue weighted by molar-refractivity contribution is 0.102. The molecule has 0 radical (unpaired) electrons. The van der Waals surface area contributed by atoms with Crippen LogP contribution in [0.5, 0.6) is 0 Å². The summed E-state index contributed by atoms with van der Waals surface area (Å²) in [4.78, 5) is 0. The Morgan fingerprint density at radius 1 is 0.875 bits per heavy atom. The summed E-state index contributed by atoms with van der Waals surface area (Å²) in [6.07, 6.45) is 7.79. The fourth-order valence-electron chi connectivity index (χ4n) is 1.34. The maximum atomic E-state index is 5.23. The Bertz CT molecular complexity index is 137. The topological polar surface area (TPSA) is 34.3 Å². The van der Waals surface area contributed by atoms with Crippen molar-refractivity contribution in [2.45, 2.75) is 58.2 Å². The second-order valence-corrected chi connectivity index (χ2v) is 4.51. The van der Waals surface area contributed by atoms with E-state index < -0.39 is 0 Å². The van der Waals surface area contributed by atoms with Crippen LogP contribution in [0.3, 0.4) is 0 Å². The molecule has 2 rings (SSSR count). The molecule has 2 saturated heterocycles. The summed E-state index contributed by atoms with van der Waals surface area (Å²) in [7, 11) is 0. The third-order valence-corrected chi connectivity index (χ3v) is 2.62. The van der Waals surface area contributed by atoms with Crippen LogP contribution >= 0.6 is 0 Å². The zero-order chi connectivity index (χ0) is 11.6. The van der Waals surface area contributed by atoms with Gasteiger partial charge in [0.05, 0.1) is 26.4 Å². The summed E-state index contributed by atoms with van der Waals surface area (Å²) >= 11 is 0. The molecular formula is C13H26O3. The van der Waals surface area contributed by atoms with E-state index in [2.05, 4.69) is 13.8 Å². The lowest BCUT2D eigenvalue weighted by atomic mass is 10.2. The standard InChI is InChI=1S/C7H16.C6H10O3/c1-3-5-7-6-4-2;1(5-3-8-5)7-2-6-4-9-6/h3-7H2,1-2H3;5-6H,1-4H2. The molecule has 96 valence electrons. The zero-order valence-electron chi connectivity index (χ0n) is 10.7. The van der Waals surface area contributed by atoms with Gasteiger partial charge in [-0.2, -0.15) is 0 Å². The highest BCUT2D eigenvalue weighted by Crippen LogP contribution is 2.12. The number of unbranched alkanes of at least 4 members (excludes halogenated alkanes) is 4. The smallest absolute Gasteiger partial charge is 0.104 e. The third kappa shape index (κ3) is 9.13. The molecule has 2 aliphatic rings. The first-order valence-electron chi connectivity index (χ1n) is 6.67. The summed E-state index contributed by atoms with van der Waals surface area (Å²) in [6, 6.07) is 0. The van der Waals surface area contributed by atoms with Gasteiger partial charge in [0.25, 0.3) is 0 Å². The molecule has 0 bridgehead atoms. The summed E-state index contributed by atoms with van der Waals surface area (Å²) in [5, 5.41) is 0. The fourth-order valence-corrected chi connectivity index (χ4v) is 1.34. The molecule has 0 saturated carbocycles. The molecule has 0 spiro atoms. The van der Waals surface area contributed by atoms with Crippen molar-refractivity contribution < 1.29 is 14.2 Å². The van der Waals surface area contributed by atoms with Gasteiger partial charge in [-0.25, -0.2) is 0 Å². The molecular weight excluding hydrogens is 204 g/mol. The largest absolute Gasteiger partial charge is 0.376 e. The van der Waals surface area contributed by atoms with Crippen LogP contribution in [-0.2, 0) is 14.2 Å². The van der Waals surface area contributed by atoms with E-state index in [9.17, 15) is 0 Å². The van der Waals surface area contributed by atoms with Crippen molar-refractivity contribution in [3.63, 3.8) is 0 Å². The predicted octanol–water partition coefficient (Wildman–Crippen LogP) is 2.78. The quantitative estimate of drug-likeness (QED) is 0.475. The lowest BCUT2D eigenvalue weighted by Gasteiger charge is -1.95. The van der Waals surface area contributed by atoms with Gasteiger partial charge in [0.1, 0.15) is 12.2 Å². The summed E-state index contributed by atoms with van der Waals surface area (Å²) in [6.45, 7) is 7.75. The molecule has 3 nitrogen and oxygen atoms in total. The van der Waals surface area contributed by atoms with E-state index in [0.29, 0.717) is 12.2 Å². The van der Waals surface area contributed by atoms with E-state index in [-0.39, 0.29) is 0 Å². The SMILES string of the molecule is C(OCC1CO1)C1CO1.CCCCCCC. The molecule has 0 aromatic carbocycles. The number of hydrogen-bond acceptors (Lipinski definition) is 3. The highest BCUT2D eigenvalue weighted by atomic mass is 16.6. The van der Waals surface area contributed by atoms with Crippen molar-refractivity contribution >= 4 is 0 Å². The first-order chi connectivity index (χ1) is 7.86. The van der Waals surface area contributed by atoms with Gasteiger partial charge in [-0.3, -0.25) is 0 Å². The van der Waals surface area contributed by atoms with Gasteiger partial charge in [-0.1, -0.05) is 46.0 Å². The van der Waals surface area contributed by atoms with Crippen molar-refractivity contribution in [3.05, 3.63) is 0 Å². The Kier molecular flexibility index (Phi) is 7.81. The first-order valence-corrected chi connectivity index (χ1v) is 6.67. The Morgan fingerprint density at radius 2 is 1.31 bits per heavy atom. The zero-order valence-corrected chi connectivity index (χ0v) is 10.7. The Labute approximate surface area is 99.5 Å². The van der Waals surface area contributed by atoms with E-state index >= 15 is 0 Å². The van der Waals surface area contributed by atoms with Crippen molar-refractivity contribution in [1.82, 2.24) is 0 Å². The highest BCUT2D eigenvalue weighted by Gasteiger charge is 2.26. The van der Waals surface area contributed by atoms with Gasteiger partial charge in [0, 0.05) is 0 Å². The molecule has 2 atom stereocenters. The van der Waals surface area contributed by atoms with Gasteiger partial charge in [-0.05, 0) is 0 Å². The molecule has 16 heavy (non-hydrogen) atoms. The van der Waals surface area contributed by atoms with Gasteiger partial charge in [0.2, 0.25) is 0 Å². The van der Waals surface area contributed by atoms with Crippen LogP contribution in [0.15, 0.2) is 0 Å². The molecule has 0 aliphatic carbocycles. The van der Waals surface area contributed by atoms with Crippen molar-refractivity contribution in [2.75, 3.05) is 26.4 Å². The maximum Gasteiger partial charge on any atom is 0.104 e. The number of ether oxygens (including phenoxy) is 3. The lowest BCUT2D eigenvalue weighted by Crippen LogP contribution is -2.06. The summed E-state index contributed by atoms with van der Waals surface area (Å²) < 4.78 is 15.1. The molecule has 0 aromatic heterocycles. The molecule has 0 aromatic rings. The van der Waals surface area contributed by atoms with Crippen molar-refractivity contribution in [2.24, 2.45) is 0 Å². The number of hydrogen-bond donors (Lipinski definition) is 0. The monoisotopic (exact) mass is 230 g/mol. The van der Waals surface area contributed by atoms with Crippen LogP contribution in [0.25, 0.3) is 0 Å². The second-order valence-electron chi connectivity index (χ2n) is 4.51. The van der Waals surface area contributed by atoms with Gasteiger partial charge in [-0.15, -0.1) is 0 Å². The van der Waals surface area contributed by atoms with E-state index in [0.717, 1.165) is 26.4 Å². The average molecular weight is 230 g/mol. The van der Waals surface area contributed by atoms with Gasteiger partial charge < -0.3 is 14.2 Å². The van der Waals surface area contributed by atoms with Crippen LogP contribution < -0.4 is 0 Å². The molecule has 3 heteroatoms. The second kappa shape index (κ2) is 8.97. The molecule has 2 heterocycles. The minimum atomic E-state index is 0.392. The molecule has 0 N–H and O–H groups in total. The van der Waals surface area contributed by atoms with Crippen LogP contribution in [0, 0.1) is 0 Å². The predicted molar refractivity (Wildman–Crippen MR) is 64.7 cm³/mol.